The van der Waals surface area contributed by atoms with E-state index in [0.29, 0.717) is 12.3 Å². The minimum absolute atomic E-state index is 0.311. The van der Waals surface area contributed by atoms with Gasteiger partial charge in [-0.25, -0.2) is 9.78 Å². The highest BCUT2D eigenvalue weighted by atomic mass is 16.7. The summed E-state index contributed by atoms with van der Waals surface area (Å²) in [5.41, 5.74) is 0. The highest BCUT2D eigenvalue weighted by Crippen LogP contribution is 2.10. The molecule has 0 radical (unpaired) electrons. The second-order valence-electron chi connectivity index (χ2n) is 2.15. The summed E-state index contributed by atoms with van der Waals surface area (Å²) in [5.74, 6) is 0.0886. The zero-order chi connectivity index (χ0) is 8.97. The summed E-state index contributed by atoms with van der Waals surface area (Å²) >= 11 is 0. The number of hydrogen-bond donors (Lipinski definition) is 0. The molecule has 0 bridgehead atoms. The highest BCUT2D eigenvalue weighted by molar-refractivity contribution is 5.69. The molecule has 5 nitrogen and oxygen atoms in total. The van der Waals surface area contributed by atoms with E-state index in [9.17, 15) is 4.79 Å². The Morgan fingerprint density at radius 2 is 2.58 bits per heavy atom. The van der Waals surface area contributed by atoms with Crippen molar-refractivity contribution < 1.29 is 14.0 Å². The monoisotopic (exact) mass is 170 g/mol. The maximum atomic E-state index is 10.8. The van der Waals surface area contributed by atoms with E-state index in [1.54, 1.807) is 14.0 Å². The largest absolute Gasteiger partial charge is 0.425 e. The zero-order valence-electron chi connectivity index (χ0n) is 6.98. The molecule has 0 saturated carbocycles. The Kier molecular flexibility index (Phi) is 2.68. The Morgan fingerprint density at radius 3 is 3.08 bits per heavy atom. The summed E-state index contributed by atoms with van der Waals surface area (Å²) in [6.45, 7) is 1.72. The smallest absolute Gasteiger partial charge is 0.332 e. The molecule has 1 heterocycles. The van der Waals surface area contributed by atoms with Crippen LogP contribution in [0.15, 0.2) is 17.0 Å². The van der Waals surface area contributed by atoms with Gasteiger partial charge in [0, 0.05) is 13.5 Å². The van der Waals surface area contributed by atoms with E-state index in [1.807, 2.05) is 0 Å². The molecule has 0 saturated heterocycles. The minimum atomic E-state index is -0.311. The molecule has 0 aliphatic carbocycles. The summed E-state index contributed by atoms with van der Waals surface area (Å²) in [6, 6.07) is 0. The molecule has 1 rings (SSSR count). The molecule has 0 unspecified atom stereocenters. The predicted molar refractivity (Wildman–Crippen MR) is 41.3 cm³/mol. The molecule has 5 heteroatoms. The SMILES string of the molecule is CCC(=O)ON(C)c1cnco1. The maximum Gasteiger partial charge on any atom is 0.332 e. The van der Waals surface area contributed by atoms with E-state index in [2.05, 4.69) is 4.98 Å². The molecule has 0 aromatic carbocycles. The Balaban J connectivity index is 2.49. The van der Waals surface area contributed by atoms with Crippen LogP contribution in [0.5, 0.6) is 0 Å². The standard InChI is InChI=1S/C7H10N2O3/c1-3-7(10)12-9(2)6-4-8-5-11-6/h4-5H,3H2,1-2H3. The fraction of sp³-hybridized carbons (Fsp3) is 0.429. The van der Waals surface area contributed by atoms with Crippen LogP contribution in [0.2, 0.25) is 0 Å². The van der Waals surface area contributed by atoms with Gasteiger partial charge in [0.15, 0.2) is 6.39 Å². The van der Waals surface area contributed by atoms with Gasteiger partial charge in [0.05, 0.1) is 6.20 Å². The average molecular weight is 170 g/mol. The zero-order valence-corrected chi connectivity index (χ0v) is 6.98. The third-order valence-corrected chi connectivity index (χ3v) is 1.26. The van der Waals surface area contributed by atoms with Gasteiger partial charge in [-0.05, 0) is 0 Å². The van der Waals surface area contributed by atoms with Crippen LogP contribution in [0.3, 0.4) is 0 Å². The summed E-state index contributed by atoms with van der Waals surface area (Å²) in [4.78, 5) is 19.3. The summed E-state index contributed by atoms with van der Waals surface area (Å²) < 4.78 is 4.88. The fourth-order valence-corrected chi connectivity index (χ4v) is 0.627. The van der Waals surface area contributed by atoms with Crippen molar-refractivity contribution in [1.82, 2.24) is 4.98 Å². The Bertz CT molecular complexity index is 245. The second kappa shape index (κ2) is 3.75. The normalized spacial score (nSPS) is 9.50. The number of aromatic nitrogens is 1. The lowest BCUT2D eigenvalue weighted by Gasteiger charge is -2.12. The molecule has 0 N–H and O–H groups in total. The first-order valence-corrected chi connectivity index (χ1v) is 3.57. The molecule has 66 valence electrons. The molecule has 12 heavy (non-hydrogen) atoms. The van der Waals surface area contributed by atoms with Gasteiger partial charge >= 0.3 is 5.97 Å². The molecular weight excluding hydrogens is 160 g/mol. The maximum absolute atomic E-state index is 10.8. The van der Waals surface area contributed by atoms with E-state index in [0.717, 1.165) is 0 Å². The fourth-order valence-electron chi connectivity index (χ4n) is 0.627. The number of hydrogen-bond acceptors (Lipinski definition) is 5. The van der Waals surface area contributed by atoms with Gasteiger partial charge in [-0.3, -0.25) is 0 Å². The quantitative estimate of drug-likeness (QED) is 0.633. The van der Waals surface area contributed by atoms with Crippen molar-refractivity contribution in [2.45, 2.75) is 13.3 Å². The van der Waals surface area contributed by atoms with Crippen LogP contribution in [0.25, 0.3) is 0 Å². The highest BCUT2D eigenvalue weighted by Gasteiger charge is 2.08. The van der Waals surface area contributed by atoms with Gasteiger partial charge in [-0.2, -0.15) is 5.06 Å². The number of hydroxylamine groups is 1. The van der Waals surface area contributed by atoms with Crippen LogP contribution in [0, 0.1) is 0 Å². The molecule has 0 aliphatic rings. The number of carbonyl (C=O) groups is 1. The second-order valence-corrected chi connectivity index (χ2v) is 2.15. The van der Waals surface area contributed by atoms with Crippen molar-refractivity contribution in [3.63, 3.8) is 0 Å². The first-order chi connectivity index (χ1) is 5.74. The predicted octanol–water partition coefficient (Wildman–Crippen LogP) is 0.979. The summed E-state index contributed by atoms with van der Waals surface area (Å²) in [6.07, 6.45) is 3.06. The van der Waals surface area contributed by atoms with Crippen molar-refractivity contribution in [3.8, 4) is 0 Å². The Hall–Kier alpha value is -1.52. The van der Waals surface area contributed by atoms with Crippen molar-refractivity contribution >= 4 is 11.9 Å². The van der Waals surface area contributed by atoms with E-state index in [1.165, 1.54) is 17.7 Å². The molecule has 0 amide bonds. The van der Waals surface area contributed by atoms with Crippen LogP contribution >= 0.6 is 0 Å². The first-order valence-electron chi connectivity index (χ1n) is 3.57. The van der Waals surface area contributed by atoms with Crippen LogP contribution in [0.4, 0.5) is 5.88 Å². The number of nitrogens with zero attached hydrogens (tertiary/aromatic N) is 2. The van der Waals surface area contributed by atoms with E-state index in [-0.39, 0.29) is 5.97 Å². The van der Waals surface area contributed by atoms with Gasteiger partial charge in [0.2, 0.25) is 5.88 Å². The lowest BCUT2D eigenvalue weighted by molar-refractivity contribution is -0.144. The average Bonchev–Trinajstić information content (AvgIpc) is 2.56. The Morgan fingerprint density at radius 1 is 1.83 bits per heavy atom. The number of rotatable bonds is 3. The molecule has 0 aliphatic heterocycles. The van der Waals surface area contributed by atoms with Gasteiger partial charge in [-0.1, -0.05) is 6.92 Å². The van der Waals surface area contributed by atoms with E-state index in [4.69, 9.17) is 9.25 Å². The van der Waals surface area contributed by atoms with Crippen LogP contribution in [-0.4, -0.2) is 18.0 Å². The third kappa shape index (κ3) is 1.98. The number of carbonyl (C=O) groups excluding carboxylic acids is 1. The van der Waals surface area contributed by atoms with E-state index >= 15 is 0 Å². The number of oxazole rings is 1. The van der Waals surface area contributed by atoms with Crippen molar-refractivity contribution in [1.29, 1.82) is 0 Å². The van der Waals surface area contributed by atoms with Crippen molar-refractivity contribution in [2.75, 3.05) is 12.1 Å². The molecule has 0 atom stereocenters. The molecule has 1 aromatic heterocycles. The molecule has 1 aromatic rings. The first kappa shape index (κ1) is 8.58. The number of anilines is 1. The van der Waals surface area contributed by atoms with E-state index < -0.39 is 0 Å². The van der Waals surface area contributed by atoms with Crippen LogP contribution in [-0.2, 0) is 9.63 Å². The molecule has 0 spiro atoms. The van der Waals surface area contributed by atoms with Gasteiger partial charge < -0.3 is 9.25 Å². The van der Waals surface area contributed by atoms with Crippen molar-refractivity contribution in [2.24, 2.45) is 0 Å². The minimum Gasteiger partial charge on any atom is -0.425 e. The molecular formula is C7H10N2O3. The van der Waals surface area contributed by atoms with Crippen LogP contribution in [0.1, 0.15) is 13.3 Å². The van der Waals surface area contributed by atoms with Gasteiger partial charge in [-0.15, -0.1) is 0 Å². The van der Waals surface area contributed by atoms with Crippen molar-refractivity contribution in [3.05, 3.63) is 12.6 Å². The lowest BCUT2D eigenvalue weighted by Crippen LogP contribution is -2.21. The summed E-state index contributed by atoms with van der Waals surface area (Å²) in [7, 11) is 1.58. The van der Waals surface area contributed by atoms with Crippen LogP contribution < -0.4 is 5.06 Å². The lowest BCUT2D eigenvalue weighted by atomic mass is 10.5. The topological polar surface area (TPSA) is 55.6 Å². The molecule has 0 fully saturated rings. The van der Waals surface area contributed by atoms with Gasteiger partial charge in [0.1, 0.15) is 0 Å². The summed E-state index contributed by atoms with van der Waals surface area (Å²) in [5, 5.41) is 1.23. The third-order valence-electron chi connectivity index (χ3n) is 1.26. The Labute approximate surface area is 69.9 Å². The van der Waals surface area contributed by atoms with Gasteiger partial charge in [0.25, 0.3) is 0 Å².